The molecule has 0 amide bonds. The van der Waals surface area contributed by atoms with Crippen LogP contribution in [0.1, 0.15) is 44.7 Å². The third kappa shape index (κ3) is 5.46. The van der Waals surface area contributed by atoms with Gasteiger partial charge in [-0.25, -0.2) is 0 Å². The minimum absolute atomic E-state index is 1.01. The maximum atomic E-state index is 5.22. The molecule has 0 N–H and O–H groups in total. The van der Waals surface area contributed by atoms with E-state index in [9.17, 15) is 0 Å². The van der Waals surface area contributed by atoms with Gasteiger partial charge in [0.2, 0.25) is 0 Å². The Morgan fingerprint density at radius 2 is 1.67 bits per heavy atom. The zero-order valence-electron chi connectivity index (χ0n) is 10.8. The standard InChI is InChI=1S/C10H14O.C4H10/c1-4-9-6-5-8(2)7-10(9)11-3;1-3-4-2/h5-7H,4H2,1-3H3;3-4H2,1-2H3. The molecule has 86 valence electrons. The van der Waals surface area contributed by atoms with E-state index in [0.717, 1.165) is 12.2 Å². The van der Waals surface area contributed by atoms with Gasteiger partial charge in [0.15, 0.2) is 0 Å². The summed E-state index contributed by atoms with van der Waals surface area (Å²) in [6.07, 6.45) is 3.67. The molecule has 0 heterocycles. The molecule has 0 aliphatic heterocycles. The van der Waals surface area contributed by atoms with Gasteiger partial charge in [-0.2, -0.15) is 0 Å². The molecule has 0 spiro atoms. The Hall–Kier alpha value is -0.980. The van der Waals surface area contributed by atoms with E-state index in [1.54, 1.807) is 7.11 Å². The first-order valence-corrected chi connectivity index (χ1v) is 5.83. The molecule has 1 rings (SSSR count). The Bertz CT molecular complexity index is 264. The second-order valence-corrected chi connectivity index (χ2v) is 3.67. The summed E-state index contributed by atoms with van der Waals surface area (Å²) in [5.41, 5.74) is 2.53. The highest BCUT2D eigenvalue weighted by atomic mass is 16.5. The third-order valence-electron chi connectivity index (χ3n) is 2.32. The molecule has 0 bridgehead atoms. The Balaban J connectivity index is 0.000000423. The van der Waals surface area contributed by atoms with E-state index in [1.807, 2.05) is 0 Å². The van der Waals surface area contributed by atoms with Gasteiger partial charge in [-0.15, -0.1) is 0 Å². The Morgan fingerprint density at radius 1 is 1.07 bits per heavy atom. The molecule has 1 heteroatoms. The highest BCUT2D eigenvalue weighted by Gasteiger charge is 1.98. The van der Waals surface area contributed by atoms with Crippen molar-refractivity contribution >= 4 is 0 Å². The summed E-state index contributed by atoms with van der Waals surface area (Å²) in [6.45, 7) is 8.56. The second-order valence-electron chi connectivity index (χ2n) is 3.67. The van der Waals surface area contributed by atoms with Gasteiger partial charge in [0.25, 0.3) is 0 Å². The maximum Gasteiger partial charge on any atom is 0.122 e. The average molecular weight is 208 g/mol. The highest BCUT2D eigenvalue weighted by Crippen LogP contribution is 2.19. The molecule has 0 radical (unpaired) electrons. The molecule has 0 saturated heterocycles. The first-order valence-electron chi connectivity index (χ1n) is 5.83. The minimum atomic E-state index is 1.01. The van der Waals surface area contributed by atoms with Crippen LogP contribution in [0.4, 0.5) is 0 Å². The molecule has 1 aromatic carbocycles. The number of hydrogen-bond donors (Lipinski definition) is 0. The summed E-state index contributed by atoms with van der Waals surface area (Å²) in [7, 11) is 1.72. The normalized spacial score (nSPS) is 9.13. The molecule has 15 heavy (non-hydrogen) atoms. The number of aryl methyl sites for hydroxylation is 2. The average Bonchev–Trinajstić information content (AvgIpc) is 2.29. The third-order valence-corrected chi connectivity index (χ3v) is 2.32. The molecule has 1 aromatic rings. The fourth-order valence-electron chi connectivity index (χ4n) is 1.14. The lowest BCUT2D eigenvalue weighted by molar-refractivity contribution is 0.410. The second kappa shape index (κ2) is 8.34. The quantitative estimate of drug-likeness (QED) is 0.716. The van der Waals surface area contributed by atoms with Crippen molar-refractivity contribution in [3.8, 4) is 5.75 Å². The first kappa shape index (κ1) is 14.0. The van der Waals surface area contributed by atoms with Gasteiger partial charge in [-0.05, 0) is 30.5 Å². The van der Waals surface area contributed by atoms with E-state index in [-0.39, 0.29) is 0 Å². The highest BCUT2D eigenvalue weighted by molar-refractivity contribution is 5.36. The largest absolute Gasteiger partial charge is 0.496 e. The van der Waals surface area contributed by atoms with Gasteiger partial charge in [-0.1, -0.05) is 45.7 Å². The van der Waals surface area contributed by atoms with Crippen LogP contribution in [0.3, 0.4) is 0 Å². The van der Waals surface area contributed by atoms with Crippen LogP contribution in [-0.2, 0) is 6.42 Å². The van der Waals surface area contributed by atoms with Gasteiger partial charge in [0.05, 0.1) is 7.11 Å². The lowest BCUT2D eigenvalue weighted by Crippen LogP contribution is -1.90. The van der Waals surface area contributed by atoms with E-state index < -0.39 is 0 Å². The molecule has 0 saturated carbocycles. The summed E-state index contributed by atoms with van der Waals surface area (Å²) in [5, 5.41) is 0. The molecule has 0 unspecified atom stereocenters. The van der Waals surface area contributed by atoms with E-state index in [0.29, 0.717) is 0 Å². The summed E-state index contributed by atoms with van der Waals surface area (Å²) in [6, 6.07) is 6.30. The number of ether oxygens (including phenoxy) is 1. The number of methoxy groups -OCH3 is 1. The fraction of sp³-hybridized carbons (Fsp3) is 0.571. The molecular formula is C14H24O. The van der Waals surface area contributed by atoms with E-state index >= 15 is 0 Å². The van der Waals surface area contributed by atoms with Crippen LogP contribution in [0, 0.1) is 6.92 Å². The fourth-order valence-corrected chi connectivity index (χ4v) is 1.14. The predicted molar refractivity (Wildman–Crippen MR) is 67.7 cm³/mol. The Morgan fingerprint density at radius 3 is 2.07 bits per heavy atom. The minimum Gasteiger partial charge on any atom is -0.496 e. The number of hydrogen-bond acceptors (Lipinski definition) is 1. The summed E-state index contributed by atoms with van der Waals surface area (Å²) >= 11 is 0. The van der Waals surface area contributed by atoms with Crippen LogP contribution in [0.2, 0.25) is 0 Å². The van der Waals surface area contributed by atoms with Gasteiger partial charge < -0.3 is 4.74 Å². The molecule has 0 atom stereocenters. The number of benzene rings is 1. The van der Waals surface area contributed by atoms with Crippen LogP contribution in [0.25, 0.3) is 0 Å². The zero-order valence-corrected chi connectivity index (χ0v) is 10.8. The van der Waals surface area contributed by atoms with Crippen molar-refractivity contribution in [3.63, 3.8) is 0 Å². The molecule has 1 nitrogen and oxygen atoms in total. The Kier molecular flexibility index (Phi) is 7.79. The van der Waals surface area contributed by atoms with E-state index in [1.165, 1.54) is 24.0 Å². The van der Waals surface area contributed by atoms with Gasteiger partial charge in [-0.3, -0.25) is 0 Å². The lowest BCUT2D eigenvalue weighted by Gasteiger charge is -2.06. The molecule has 0 aliphatic rings. The predicted octanol–water partition coefficient (Wildman–Crippen LogP) is 4.37. The molecule has 0 aromatic heterocycles. The first-order chi connectivity index (χ1) is 7.19. The molecular weight excluding hydrogens is 184 g/mol. The monoisotopic (exact) mass is 208 g/mol. The van der Waals surface area contributed by atoms with E-state index in [4.69, 9.17) is 4.74 Å². The van der Waals surface area contributed by atoms with Crippen molar-refractivity contribution < 1.29 is 4.74 Å². The SMILES string of the molecule is CCCC.CCc1ccc(C)cc1OC. The van der Waals surface area contributed by atoms with Crippen molar-refractivity contribution in [3.05, 3.63) is 29.3 Å². The lowest BCUT2D eigenvalue weighted by atomic mass is 10.1. The number of rotatable bonds is 3. The topological polar surface area (TPSA) is 9.23 Å². The summed E-state index contributed by atoms with van der Waals surface area (Å²) in [5.74, 6) is 1.01. The molecule has 0 fully saturated rings. The van der Waals surface area contributed by atoms with Crippen LogP contribution in [0.15, 0.2) is 18.2 Å². The van der Waals surface area contributed by atoms with Crippen LogP contribution >= 0.6 is 0 Å². The van der Waals surface area contributed by atoms with Crippen molar-refractivity contribution in [1.29, 1.82) is 0 Å². The smallest absolute Gasteiger partial charge is 0.122 e. The maximum absolute atomic E-state index is 5.22. The van der Waals surface area contributed by atoms with Gasteiger partial charge in [0.1, 0.15) is 5.75 Å². The van der Waals surface area contributed by atoms with Crippen LogP contribution in [0.5, 0.6) is 5.75 Å². The summed E-state index contributed by atoms with van der Waals surface area (Å²) < 4.78 is 5.22. The summed E-state index contributed by atoms with van der Waals surface area (Å²) in [4.78, 5) is 0. The van der Waals surface area contributed by atoms with Gasteiger partial charge in [0, 0.05) is 0 Å². The number of unbranched alkanes of at least 4 members (excludes halogenated alkanes) is 1. The Labute approximate surface area is 94.5 Å². The van der Waals surface area contributed by atoms with Crippen molar-refractivity contribution in [2.75, 3.05) is 7.11 Å². The van der Waals surface area contributed by atoms with Crippen LogP contribution < -0.4 is 4.74 Å². The zero-order chi connectivity index (χ0) is 11.7. The van der Waals surface area contributed by atoms with Gasteiger partial charge >= 0.3 is 0 Å². The molecule has 0 aliphatic carbocycles. The van der Waals surface area contributed by atoms with Crippen LogP contribution in [-0.4, -0.2) is 7.11 Å². The van der Waals surface area contributed by atoms with E-state index in [2.05, 4.69) is 45.9 Å². The van der Waals surface area contributed by atoms with Crippen molar-refractivity contribution in [2.45, 2.75) is 47.0 Å². The van der Waals surface area contributed by atoms with Crippen molar-refractivity contribution in [1.82, 2.24) is 0 Å². The van der Waals surface area contributed by atoms with Crippen molar-refractivity contribution in [2.24, 2.45) is 0 Å².